The maximum Gasteiger partial charge on any atom is 0.529 e. The molecule has 0 aliphatic carbocycles. The molecular formula is C21H21BO3P+. The van der Waals surface area contributed by atoms with Crippen molar-refractivity contribution in [1.29, 1.82) is 0 Å². The normalized spacial score (nSPS) is 11.0. The zero-order valence-electron chi connectivity index (χ0n) is 15.2. The van der Waals surface area contributed by atoms with Crippen LogP contribution in [0, 0.1) is 20.8 Å². The highest BCUT2D eigenvalue weighted by Crippen LogP contribution is 2.57. The van der Waals surface area contributed by atoms with Crippen molar-refractivity contribution < 1.29 is 13.6 Å². The molecule has 0 heterocycles. The number of hydrogen-bond donors (Lipinski definition) is 0. The minimum atomic E-state index is -3.22. The van der Waals surface area contributed by atoms with Crippen LogP contribution < -0.4 is 13.6 Å². The van der Waals surface area contributed by atoms with Crippen molar-refractivity contribution in [3.05, 3.63) is 89.5 Å². The molecule has 0 aliphatic heterocycles. The van der Waals surface area contributed by atoms with Crippen molar-refractivity contribution in [2.24, 2.45) is 0 Å². The molecule has 3 aromatic carbocycles. The third kappa shape index (κ3) is 4.39. The van der Waals surface area contributed by atoms with Gasteiger partial charge >= 0.3 is 15.4 Å². The highest BCUT2D eigenvalue weighted by molar-refractivity contribution is 7.86. The van der Waals surface area contributed by atoms with E-state index < -0.39 is 7.82 Å². The SMILES string of the molecule is [B][P+](Oc1ccccc1C)(Oc1ccccc1C)Oc1ccccc1C. The maximum atomic E-state index is 6.55. The fraction of sp³-hybridized carbons (Fsp3) is 0.143. The maximum absolute atomic E-state index is 6.55. The van der Waals surface area contributed by atoms with E-state index in [1.807, 2.05) is 93.6 Å². The summed E-state index contributed by atoms with van der Waals surface area (Å²) in [4.78, 5) is 0. The van der Waals surface area contributed by atoms with Crippen LogP contribution in [0.4, 0.5) is 0 Å². The molecule has 130 valence electrons. The molecular weight excluding hydrogens is 342 g/mol. The average Bonchev–Trinajstić information content (AvgIpc) is 2.61. The van der Waals surface area contributed by atoms with Crippen LogP contribution in [0.5, 0.6) is 17.2 Å². The number of hydrogen-bond acceptors (Lipinski definition) is 3. The molecule has 0 bridgehead atoms. The minimum Gasteiger partial charge on any atom is -0.290 e. The molecule has 0 aromatic heterocycles. The van der Waals surface area contributed by atoms with E-state index in [2.05, 4.69) is 0 Å². The highest BCUT2D eigenvalue weighted by Gasteiger charge is 2.44. The van der Waals surface area contributed by atoms with Gasteiger partial charge in [0, 0.05) is 0 Å². The van der Waals surface area contributed by atoms with E-state index in [9.17, 15) is 0 Å². The van der Waals surface area contributed by atoms with Crippen LogP contribution in [0.15, 0.2) is 72.8 Å². The Morgan fingerprint density at radius 3 is 1.08 bits per heavy atom. The van der Waals surface area contributed by atoms with E-state index >= 15 is 0 Å². The largest absolute Gasteiger partial charge is 0.529 e. The molecule has 26 heavy (non-hydrogen) atoms. The molecule has 3 nitrogen and oxygen atoms in total. The summed E-state index contributed by atoms with van der Waals surface area (Å²) in [5.41, 5.74) is 2.89. The second-order valence-electron chi connectivity index (χ2n) is 6.11. The summed E-state index contributed by atoms with van der Waals surface area (Å²) in [7, 11) is 3.33. The Hall–Kier alpha value is -2.45. The first-order valence-corrected chi connectivity index (χ1v) is 10.0. The van der Waals surface area contributed by atoms with E-state index in [0.29, 0.717) is 17.2 Å². The molecule has 0 N–H and O–H groups in total. The van der Waals surface area contributed by atoms with Gasteiger partial charge in [0.15, 0.2) is 17.2 Å². The average molecular weight is 363 g/mol. The number of benzene rings is 3. The lowest BCUT2D eigenvalue weighted by Gasteiger charge is -2.23. The smallest absolute Gasteiger partial charge is 0.290 e. The summed E-state index contributed by atoms with van der Waals surface area (Å²) in [6, 6.07) is 23.0. The van der Waals surface area contributed by atoms with Gasteiger partial charge in [-0.2, -0.15) is 0 Å². The molecule has 2 radical (unpaired) electrons. The first-order valence-electron chi connectivity index (χ1n) is 8.40. The Kier molecular flexibility index (Phi) is 5.53. The summed E-state index contributed by atoms with van der Waals surface area (Å²) in [5.74, 6) is 1.93. The van der Waals surface area contributed by atoms with Gasteiger partial charge in [-0.3, -0.25) is 13.6 Å². The lowest BCUT2D eigenvalue weighted by Crippen LogP contribution is -2.16. The van der Waals surface area contributed by atoms with E-state index in [4.69, 9.17) is 21.1 Å². The summed E-state index contributed by atoms with van der Waals surface area (Å²) >= 11 is 0. The zero-order chi connectivity index (χ0) is 18.6. The molecule has 0 saturated heterocycles. The first kappa shape index (κ1) is 18.3. The van der Waals surface area contributed by atoms with Crippen LogP contribution in [-0.2, 0) is 0 Å². The summed E-state index contributed by atoms with van der Waals surface area (Å²) in [5, 5.41) is 0. The Bertz CT molecular complexity index is 782. The van der Waals surface area contributed by atoms with Gasteiger partial charge in [0.1, 0.15) is 0 Å². The summed E-state index contributed by atoms with van der Waals surface area (Å²) in [6.45, 7) is 5.88. The fourth-order valence-corrected chi connectivity index (χ4v) is 3.99. The van der Waals surface area contributed by atoms with Gasteiger partial charge in [0.2, 0.25) is 0 Å². The van der Waals surface area contributed by atoms with Crippen LogP contribution in [0.25, 0.3) is 0 Å². The second kappa shape index (κ2) is 7.84. The van der Waals surface area contributed by atoms with Crippen LogP contribution in [0.1, 0.15) is 16.7 Å². The van der Waals surface area contributed by atoms with E-state index in [0.717, 1.165) is 16.7 Å². The lowest BCUT2D eigenvalue weighted by molar-refractivity contribution is 0.374. The zero-order valence-corrected chi connectivity index (χ0v) is 16.1. The van der Waals surface area contributed by atoms with Gasteiger partial charge < -0.3 is 0 Å². The van der Waals surface area contributed by atoms with Crippen molar-refractivity contribution in [3.8, 4) is 17.2 Å². The predicted molar refractivity (Wildman–Crippen MR) is 108 cm³/mol. The van der Waals surface area contributed by atoms with Gasteiger partial charge in [0.25, 0.3) is 0 Å². The molecule has 0 unspecified atom stereocenters. The molecule has 5 heteroatoms. The Morgan fingerprint density at radius 1 is 0.538 bits per heavy atom. The molecule has 0 amide bonds. The molecule has 0 atom stereocenters. The Balaban J connectivity index is 1.96. The molecule has 3 rings (SSSR count). The van der Waals surface area contributed by atoms with Crippen LogP contribution in [0.3, 0.4) is 0 Å². The van der Waals surface area contributed by atoms with Gasteiger partial charge in [-0.25, -0.2) is 0 Å². The molecule has 0 saturated carbocycles. The quantitative estimate of drug-likeness (QED) is 0.397. The Morgan fingerprint density at radius 2 is 0.808 bits per heavy atom. The second-order valence-corrected chi connectivity index (χ2v) is 7.74. The lowest BCUT2D eigenvalue weighted by atomic mass is 10.2. The molecule has 0 aliphatic rings. The number of aryl methyl sites for hydroxylation is 3. The molecule has 0 fully saturated rings. The van der Waals surface area contributed by atoms with Crippen molar-refractivity contribution in [2.45, 2.75) is 20.8 Å². The predicted octanol–water partition coefficient (Wildman–Crippen LogP) is 5.99. The number of rotatable bonds is 6. The van der Waals surface area contributed by atoms with Crippen LogP contribution >= 0.6 is 7.82 Å². The van der Waals surface area contributed by atoms with Crippen LogP contribution in [-0.4, -0.2) is 7.57 Å². The standard InChI is InChI=1S/C21H21BO3P/c1-16-10-4-7-13-19(16)23-26(22,24-20-14-8-5-11-17(20)2)25-21-15-9-6-12-18(21)3/h4-15H,1-3H3/q+1. The highest BCUT2D eigenvalue weighted by atomic mass is 31.2. The summed E-state index contributed by atoms with van der Waals surface area (Å²) < 4.78 is 18.3. The van der Waals surface area contributed by atoms with Gasteiger partial charge in [-0.1, -0.05) is 54.6 Å². The van der Waals surface area contributed by atoms with E-state index in [1.165, 1.54) is 0 Å². The molecule has 0 spiro atoms. The number of para-hydroxylation sites is 3. The third-order valence-corrected chi connectivity index (χ3v) is 5.31. The topological polar surface area (TPSA) is 27.7 Å². The van der Waals surface area contributed by atoms with Crippen molar-refractivity contribution in [2.75, 3.05) is 0 Å². The van der Waals surface area contributed by atoms with Crippen molar-refractivity contribution >= 4 is 15.4 Å². The minimum absolute atomic E-state index is 0.644. The fourth-order valence-electron chi connectivity index (χ4n) is 2.44. The van der Waals surface area contributed by atoms with Gasteiger partial charge in [0.05, 0.1) is 0 Å². The van der Waals surface area contributed by atoms with Crippen molar-refractivity contribution in [1.82, 2.24) is 0 Å². The van der Waals surface area contributed by atoms with E-state index in [-0.39, 0.29) is 0 Å². The Labute approximate surface area is 156 Å². The first-order chi connectivity index (χ1) is 12.5. The van der Waals surface area contributed by atoms with E-state index in [1.54, 1.807) is 0 Å². The molecule has 3 aromatic rings. The van der Waals surface area contributed by atoms with Crippen LogP contribution in [0.2, 0.25) is 0 Å². The van der Waals surface area contributed by atoms with Gasteiger partial charge in [-0.15, -0.1) is 0 Å². The summed E-state index contributed by atoms with van der Waals surface area (Å²) in [6.07, 6.45) is 0. The van der Waals surface area contributed by atoms with Crippen molar-refractivity contribution in [3.63, 3.8) is 0 Å². The third-order valence-electron chi connectivity index (χ3n) is 3.96. The van der Waals surface area contributed by atoms with Gasteiger partial charge in [-0.05, 0) is 55.7 Å². The monoisotopic (exact) mass is 363 g/mol.